The summed E-state index contributed by atoms with van der Waals surface area (Å²) >= 11 is 0. The van der Waals surface area contributed by atoms with Crippen molar-refractivity contribution in [1.29, 1.82) is 0 Å². The first-order valence-electron chi connectivity index (χ1n) is 10.9. The molecule has 2 aromatic rings. The SMILES string of the molecule is Cc1ccc2c(c1)[C@H](NS(=O)(=O)c1ccc3c(c1)CCN3C(=O)C1CC1)CC(C)(C)O2. The van der Waals surface area contributed by atoms with E-state index in [2.05, 4.69) is 4.72 Å². The highest BCUT2D eigenvalue weighted by Gasteiger charge is 2.38. The highest BCUT2D eigenvalue weighted by atomic mass is 32.2. The molecule has 164 valence electrons. The van der Waals surface area contributed by atoms with Crippen molar-refractivity contribution in [3.05, 3.63) is 53.1 Å². The van der Waals surface area contributed by atoms with Gasteiger partial charge in [-0.1, -0.05) is 17.7 Å². The van der Waals surface area contributed by atoms with E-state index in [1.807, 2.05) is 43.9 Å². The summed E-state index contributed by atoms with van der Waals surface area (Å²) < 4.78 is 35.6. The monoisotopic (exact) mass is 440 g/mol. The summed E-state index contributed by atoms with van der Waals surface area (Å²) in [5, 5.41) is 0. The number of hydrogen-bond acceptors (Lipinski definition) is 4. The molecule has 1 amide bonds. The zero-order chi connectivity index (χ0) is 22.0. The Morgan fingerprint density at radius 3 is 2.68 bits per heavy atom. The predicted molar refractivity (Wildman–Crippen MR) is 119 cm³/mol. The minimum atomic E-state index is -3.74. The van der Waals surface area contributed by atoms with E-state index >= 15 is 0 Å². The van der Waals surface area contributed by atoms with Gasteiger partial charge in [0.05, 0.1) is 10.9 Å². The molecule has 0 radical (unpaired) electrons. The first kappa shape index (κ1) is 20.5. The number of aryl methyl sites for hydroxylation is 1. The van der Waals surface area contributed by atoms with E-state index in [-0.39, 0.29) is 22.8 Å². The number of fused-ring (bicyclic) bond motifs is 2. The standard InChI is InChI=1S/C24H28N2O4S/c1-15-4-9-22-19(12-15)20(14-24(2,3)30-22)25-31(28,29)18-7-8-21-17(13-18)10-11-26(21)23(27)16-5-6-16/h4,7-9,12-13,16,20,25H,5-6,10-11,14H2,1-3H3/t20-/m1/s1. The molecule has 0 spiro atoms. The molecule has 2 aromatic carbocycles. The minimum Gasteiger partial charge on any atom is -0.487 e. The van der Waals surface area contributed by atoms with Crippen LogP contribution in [0.1, 0.15) is 55.8 Å². The maximum Gasteiger partial charge on any atom is 0.241 e. The Hall–Kier alpha value is -2.38. The van der Waals surface area contributed by atoms with Gasteiger partial charge >= 0.3 is 0 Å². The summed E-state index contributed by atoms with van der Waals surface area (Å²) in [6.45, 7) is 6.55. The third kappa shape index (κ3) is 3.85. The smallest absolute Gasteiger partial charge is 0.241 e. The Morgan fingerprint density at radius 2 is 1.94 bits per heavy atom. The molecular formula is C24H28N2O4S. The van der Waals surface area contributed by atoms with Gasteiger partial charge in [-0.2, -0.15) is 0 Å². The molecule has 1 aliphatic carbocycles. The fourth-order valence-electron chi connectivity index (χ4n) is 4.66. The van der Waals surface area contributed by atoms with Crippen molar-refractivity contribution in [3.63, 3.8) is 0 Å². The van der Waals surface area contributed by atoms with Crippen LogP contribution >= 0.6 is 0 Å². The second kappa shape index (κ2) is 7.07. The van der Waals surface area contributed by atoms with Gasteiger partial charge in [0, 0.05) is 30.1 Å². The second-order valence-electron chi connectivity index (χ2n) is 9.59. The molecule has 2 heterocycles. The van der Waals surface area contributed by atoms with Gasteiger partial charge in [0.1, 0.15) is 11.4 Å². The summed E-state index contributed by atoms with van der Waals surface area (Å²) in [5.41, 5.74) is 3.22. The third-order valence-corrected chi connectivity index (χ3v) is 7.84. The number of hydrogen-bond donors (Lipinski definition) is 1. The van der Waals surface area contributed by atoms with Gasteiger partial charge in [0.2, 0.25) is 15.9 Å². The number of benzene rings is 2. The van der Waals surface area contributed by atoms with Gasteiger partial charge in [0.25, 0.3) is 0 Å². The lowest BCUT2D eigenvalue weighted by Crippen LogP contribution is -2.41. The molecule has 3 aliphatic rings. The lowest BCUT2D eigenvalue weighted by atomic mass is 9.89. The molecule has 1 fully saturated rings. The van der Waals surface area contributed by atoms with Crippen molar-refractivity contribution in [2.45, 2.75) is 63.0 Å². The lowest BCUT2D eigenvalue weighted by Gasteiger charge is -2.38. The maximum atomic E-state index is 13.3. The van der Waals surface area contributed by atoms with Crippen molar-refractivity contribution in [2.75, 3.05) is 11.4 Å². The van der Waals surface area contributed by atoms with Gasteiger partial charge in [-0.3, -0.25) is 4.79 Å². The lowest BCUT2D eigenvalue weighted by molar-refractivity contribution is -0.119. The van der Waals surface area contributed by atoms with Crippen LogP contribution < -0.4 is 14.4 Å². The molecule has 2 aliphatic heterocycles. The van der Waals surface area contributed by atoms with Crippen LogP contribution in [0, 0.1) is 12.8 Å². The number of nitrogens with one attached hydrogen (secondary N) is 1. The van der Waals surface area contributed by atoms with Crippen molar-refractivity contribution < 1.29 is 17.9 Å². The van der Waals surface area contributed by atoms with E-state index in [9.17, 15) is 13.2 Å². The van der Waals surface area contributed by atoms with Crippen LogP contribution in [0.4, 0.5) is 5.69 Å². The molecule has 31 heavy (non-hydrogen) atoms. The van der Waals surface area contributed by atoms with Crippen LogP contribution in [0.25, 0.3) is 0 Å². The number of rotatable bonds is 4. The summed E-state index contributed by atoms with van der Waals surface area (Å²) in [7, 11) is -3.74. The average Bonchev–Trinajstić information content (AvgIpc) is 3.46. The number of anilines is 1. The highest BCUT2D eigenvalue weighted by Crippen LogP contribution is 2.41. The van der Waals surface area contributed by atoms with Gasteiger partial charge in [-0.05, 0) is 69.9 Å². The Morgan fingerprint density at radius 1 is 1.16 bits per heavy atom. The first-order chi connectivity index (χ1) is 14.6. The molecular weight excluding hydrogens is 412 g/mol. The molecule has 1 atom stereocenters. The Bertz CT molecular complexity index is 1170. The maximum absolute atomic E-state index is 13.3. The van der Waals surface area contributed by atoms with Gasteiger partial charge in [-0.25, -0.2) is 13.1 Å². The number of amides is 1. The van der Waals surface area contributed by atoms with E-state index in [4.69, 9.17) is 4.74 Å². The molecule has 0 bridgehead atoms. The Balaban J connectivity index is 1.43. The van der Waals surface area contributed by atoms with Crippen molar-refractivity contribution in [3.8, 4) is 5.75 Å². The summed E-state index contributed by atoms with van der Waals surface area (Å²) in [4.78, 5) is 14.6. The minimum absolute atomic E-state index is 0.149. The number of nitrogens with zero attached hydrogens (tertiary/aromatic N) is 1. The molecule has 0 aromatic heterocycles. The number of sulfonamides is 1. The molecule has 7 heteroatoms. The van der Waals surface area contributed by atoms with Gasteiger partial charge < -0.3 is 9.64 Å². The van der Waals surface area contributed by atoms with Crippen LogP contribution in [-0.2, 0) is 21.2 Å². The fourth-order valence-corrected chi connectivity index (χ4v) is 5.92. The van der Waals surface area contributed by atoms with Crippen molar-refractivity contribution >= 4 is 21.6 Å². The predicted octanol–water partition coefficient (Wildman–Crippen LogP) is 3.87. The van der Waals surface area contributed by atoms with E-state index in [0.717, 1.165) is 41.0 Å². The number of ether oxygens (including phenoxy) is 1. The first-order valence-corrected chi connectivity index (χ1v) is 12.4. The normalized spacial score (nSPS) is 21.9. The van der Waals surface area contributed by atoms with Gasteiger partial charge in [-0.15, -0.1) is 0 Å². The second-order valence-corrected chi connectivity index (χ2v) is 11.3. The Labute approximate surface area is 183 Å². The van der Waals surface area contributed by atoms with Crippen LogP contribution in [0.15, 0.2) is 41.3 Å². The van der Waals surface area contributed by atoms with E-state index in [1.54, 1.807) is 18.2 Å². The molecule has 1 saturated carbocycles. The Kier molecular flexibility index (Phi) is 4.68. The van der Waals surface area contributed by atoms with E-state index in [1.165, 1.54) is 0 Å². The fraction of sp³-hybridized carbons (Fsp3) is 0.458. The van der Waals surface area contributed by atoms with Crippen LogP contribution in [0.2, 0.25) is 0 Å². The number of carbonyl (C=O) groups is 1. The van der Waals surface area contributed by atoms with Crippen LogP contribution in [0.5, 0.6) is 5.75 Å². The highest BCUT2D eigenvalue weighted by molar-refractivity contribution is 7.89. The molecule has 5 rings (SSSR count). The zero-order valence-corrected chi connectivity index (χ0v) is 19.0. The van der Waals surface area contributed by atoms with Crippen LogP contribution in [0.3, 0.4) is 0 Å². The molecule has 0 saturated heterocycles. The quantitative estimate of drug-likeness (QED) is 0.783. The topological polar surface area (TPSA) is 75.7 Å². The largest absolute Gasteiger partial charge is 0.487 e. The molecule has 0 unspecified atom stereocenters. The third-order valence-electron chi connectivity index (χ3n) is 6.37. The molecule has 6 nitrogen and oxygen atoms in total. The van der Waals surface area contributed by atoms with Crippen molar-refractivity contribution in [2.24, 2.45) is 5.92 Å². The average molecular weight is 441 g/mol. The van der Waals surface area contributed by atoms with E-state index < -0.39 is 15.6 Å². The summed E-state index contributed by atoms with van der Waals surface area (Å²) in [6.07, 6.45) is 3.15. The van der Waals surface area contributed by atoms with Crippen molar-refractivity contribution in [1.82, 2.24) is 4.72 Å². The number of carbonyl (C=O) groups excluding carboxylic acids is 1. The van der Waals surface area contributed by atoms with E-state index in [0.29, 0.717) is 19.4 Å². The van der Waals surface area contributed by atoms with Gasteiger partial charge in [0.15, 0.2) is 0 Å². The summed E-state index contributed by atoms with van der Waals surface area (Å²) in [5.74, 6) is 1.04. The van der Waals surface area contributed by atoms with Crippen LogP contribution in [-0.4, -0.2) is 26.5 Å². The summed E-state index contributed by atoms with van der Waals surface area (Å²) in [6, 6.07) is 10.6. The molecule has 1 N–H and O–H groups in total. The zero-order valence-electron chi connectivity index (χ0n) is 18.1.